The number of ether oxygens (including phenoxy) is 1. The van der Waals surface area contributed by atoms with Gasteiger partial charge in [-0.05, 0) is 48.9 Å². The van der Waals surface area contributed by atoms with Gasteiger partial charge in [-0.25, -0.2) is 21.1 Å². The monoisotopic (exact) mass is 517 g/mol. The SMILES string of the molecule is CC[C@@H](C(=O)NCCOc1ccc(S(=O)(=O)N(C)C)cc1)N(c1cccc(Cl)c1)S(C)(=O)=O. The van der Waals surface area contributed by atoms with E-state index in [9.17, 15) is 21.6 Å². The van der Waals surface area contributed by atoms with Crippen molar-refractivity contribution in [3.05, 3.63) is 53.6 Å². The molecular weight excluding hydrogens is 490 g/mol. The van der Waals surface area contributed by atoms with Gasteiger partial charge < -0.3 is 10.1 Å². The molecule has 2 aromatic rings. The van der Waals surface area contributed by atoms with Gasteiger partial charge in [-0.3, -0.25) is 9.10 Å². The van der Waals surface area contributed by atoms with Crippen molar-refractivity contribution >= 4 is 43.2 Å². The van der Waals surface area contributed by atoms with Crippen LogP contribution in [0.2, 0.25) is 5.02 Å². The molecule has 182 valence electrons. The first-order valence-corrected chi connectivity index (χ1v) is 13.7. The highest BCUT2D eigenvalue weighted by atomic mass is 35.5. The maximum atomic E-state index is 12.8. The molecule has 0 aliphatic heterocycles. The minimum atomic E-state index is -3.76. The van der Waals surface area contributed by atoms with Gasteiger partial charge >= 0.3 is 0 Å². The summed E-state index contributed by atoms with van der Waals surface area (Å²) in [7, 11) is -4.39. The van der Waals surface area contributed by atoms with Gasteiger partial charge in [0.2, 0.25) is 26.0 Å². The minimum Gasteiger partial charge on any atom is -0.492 e. The van der Waals surface area contributed by atoms with Gasteiger partial charge in [0.15, 0.2) is 0 Å². The fourth-order valence-corrected chi connectivity index (χ4v) is 5.34. The minimum absolute atomic E-state index is 0.109. The molecule has 0 radical (unpaired) electrons. The van der Waals surface area contributed by atoms with Gasteiger partial charge in [-0.15, -0.1) is 0 Å². The molecule has 0 heterocycles. The fraction of sp³-hybridized carbons (Fsp3) is 0.381. The van der Waals surface area contributed by atoms with Crippen LogP contribution in [0.5, 0.6) is 5.75 Å². The molecule has 12 heteroatoms. The summed E-state index contributed by atoms with van der Waals surface area (Å²) in [5, 5.41) is 3.04. The number of hydrogen-bond acceptors (Lipinski definition) is 6. The summed E-state index contributed by atoms with van der Waals surface area (Å²) in [5.41, 5.74) is 0.302. The largest absolute Gasteiger partial charge is 0.492 e. The average molecular weight is 518 g/mol. The molecule has 2 aromatic carbocycles. The van der Waals surface area contributed by atoms with Crippen molar-refractivity contribution in [2.75, 3.05) is 37.8 Å². The molecule has 0 saturated heterocycles. The van der Waals surface area contributed by atoms with E-state index in [0.717, 1.165) is 14.9 Å². The maximum absolute atomic E-state index is 12.8. The first kappa shape index (κ1) is 26.9. The highest BCUT2D eigenvalue weighted by molar-refractivity contribution is 7.92. The van der Waals surface area contributed by atoms with Gasteiger partial charge in [0.05, 0.1) is 23.4 Å². The Morgan fingerprint density at radius 2 is 1.73 bits per heavy atom. The van der Waals surface area contributed by atoms with E-state index in [-0.39, 0.29) is 24.5 Å². The lowest BCUT2D eigenvalue weighted by atomic mass is 10.2. The van der Waals surface area contributed by atoms with Crippen molar-refractivity contribution < 1.29 is 26.4 Å². The lowest BCUT2D eigenvalue weighted by Crippen LogP contribution is -2.50. The van der Waals surface area contributed by atoms with Crippen LogP contribution in [0.15, 0.2) is 53.4 Å². The fourth-order valence-electron chi connectivity index (χ4n) is 3.05. The molecule has 0 aromatic heterocycles. The van der Waals surface area contributed by atoms with Crippen LogP contribution < -0.4 is 14.4 Å². The van der Waals surface area contributed by atoms with Crippen LogP contribution in [-0.4, -0.2) is 66.6 Å². The van der Waals surface area contributed by atoms with E-state index in [1.165, 1.54) is 44.4 Å². The Morgan fingerprint density at radius 3 is 2.24 bits per heavy atom. The van der Waals surface area contributed by atoms with Gasteiger partial charge in [0.1, 0.15) is 18.4 Å². The Hall–Kier alpha value is -2.34. The van der Waals surface area contributed by atoms with Crippen molar-refractivity contribution in [3.8, 4) is 5.75 Å². The van der Waals surface area contributed by atoms with E-state index in [1.807, 2.05) is 0 Å². The summed E-state index contributed by atoms with van der Waals surface area (Å²) >= 11 is 6.00. The smallest absolute Gasteiger partial charge is 0.244 e. The standard InChI is InChI=1S/C21H28ClN3O6S2/c1-5-20(25(32(4,27)28)17-8-6-7-16(22)15-17)21(26)23-13-14-31-18-9-11-19(12-10-18)33(29,30)24(2)3/h6-12,15,20H,5,13-14H2,1-4H3,(H,23,26)/t20-/m0/s1. The Bertz CT molecular complexity index is 1170. The summed E-state index contributed by atoms with van der Waals surface area (Å²) in [5.74, 6) is -0.0374. The molecule has 0 unspecified atom stereocenters. The number of nitrogens with zero attached hydrogens (tertiary/aromatic N) is 2. The van der Waals surface area contributed by atoms with Crippen molar-refractivity contribution in [2.24, 2.45) is 0 Å². The van der Waals surface area contributed by atoms with Crippen molar-refractivity contribution in [1.82, 2.24) is 9.62 Å². The zero-order valence-corrected chi connectivity index (χ0v) is 21.2. The number of carbonyl (C=O) groups is 1. The second kappa shape index (κ2) is 11.2. The van der Waals surface area contributed by atoms with Crippen molar-refractivity contribution in [3.63, 3.8) is 0 Å². The number of benzene rings is 2. The number of carbonyl (C=O) groups excluding carboxylic acids is 1. The van der Waals surface area contributed by atoms with E-state index in [2.05, 4.69) is 5.32 Å². The number of sulfonamides is 2. The van der Waals surface area contributed by atoms with E-state index >= 15 is 0 Å². The first-order chi connectivity index (χ1) is 15.4. The molecule has 33 heavy (non-hydrogen) atoms. The second-order valence-electron chi connectivity index (χ2n) is 7.36. The van der Waals surface area contributed by atoms with Crippen LogP contribution in [0.3, 0.4) is 0 Å². The van der Waals surface area contributed by atoms with E-state index in [0.29, 0.717) is 16.5 Å². The average Bonchev–Trinajstić information content (AvgIpc) is 2.74. The Kier molecular flexibility index (Phi) is 9.12. The molecular formula is C21H28ClN3O6S2. The number of amides is 1. The maximum Gasteiger partial charge on any atom is 0.244 e. The molecule has 0 bridgehead atoms. The van der Waals surface area contributed by atoms with Gasteiger partial charge in [-0.1, -0.05) is 24.6 Å². The molecule has 0 aliphatic rings. The van der Waals surface area contributed by atoms with E-state index in [4.69, 9.17) is 16.3 Å². The molecule has 1 atom stereocenters. The number of rotatable bonds is 11. The topological polar surface area (TPSA) is 113 Å². The zero-order valence-electron chi connectivity index (χ0n) is 18.9. The summed E-state index contributed by atoms with van der Waals surface area (Å²) in [6, 6.07) is 11.3. The highest BCUT2D eigenvalue weighted by Crippen LogP contribution is 2.25. The third-order valence-electron chi connectivity index (χ3n) is 4.66. The lowest BCUT2D eigenvalue weighted by Gasteiger charge is -2.30. The molecule has 0 saturated carbocycles. The molecule has 0 aliphatic carbocycles. The molecule has 0 fully saturated rings. The Labute approximate surface area is 200 Å². The summed E-state index contributed by atoms with van der Waals surface area (Å²) in [6.07, 6.45) is 1.28. The normalized spacial score (nSPS) is 12.9. The predicted octanol–water partition coefficient (Wildman–Crippen LogP) is 2.33. The number of halogens is 1. The van der Waals surface area contributed by atoms with Crippen LogP contribution >= 0.6 is 11.6 Å². The third-order valence-corrected chi connectivity index (χ3v) is 7.91. The zero-order chi connectivity index (χ0) is 24.8. The van der Waals surface area contributed by atoms with Gasteiger partial charge in [-0.2, -0.15) is 0 Å². The third kappa shape index (κ3) is 7.07. The van der Waals surface area contributed by atoms with Crippen LogP contribution in [0.25, 0.3) is 0 Å². The second-order valence-corrected chi connectivity index (χ2v) is 11.8. The Balaban J connectivity index is 2.01. The molecule has 2 rings (SSSR count). The van der Waals surface area contributed by atoms with Crippen LogP contribution in [0.1, 0.15) is 13.3 Å². The molecule has 9 nitrogen and oxygen atoms in total. The number of nitrogens with one attached hydrogen (secondary N) is 1. The van der Waals surface area contributed by atoms with E-state index < -0.39 is 32.0 Å². The molecule has 0 spiro atoms. The summed E-state index contributed by atoms with van der Waals surface area (Å²) in [6.45, 7) is 1.95. The van der Waals surface area contributed by atoms with Crippen molar-refractivity contribution in [2.45, 2.75) is 24.3 Å². The Morgan fingerprint density at radius 1 is 1.09 bits per heavy atom. The van der Waals surface area contributed by atoms with Gasteiger partial charge in [0, 0.05) is 19.1 Å². The van der Waals surface area contributed by atoms with Crippen LogP contribution in [0, 0.1) is 0 Å². The predicted molar refractivity (Wildman–Crippen MR) is 129 cm³/mol. The van der Waals surface area contributed by atoms with Crippen LogP contribution in [-0.2, 0) is 24.8 Å². The van der Waals surface area contributed by atoms with Gasteiger partial charge in [0.25, 0.3) is 0 Å². The quantitative estimate of drug-likeness (QED) is 0.458. The first-order valence-electron chi connectivity index (χ1n) is 10.1. The molecule has 1 N–H and O–H groups in total. The van der Waals surface area contributed by atoms with E-state index in [1.54, 1.807) is 25.1 Å². The highest BCUT2D eigenvalue weighted by Gasteiger charge is 2.31. The number of hydrogen-bond donors (Lipinski definition) is 1. The van der Waals surface area contributed by atoms with Crippen LogP contribution in [0.4, 0.5) is 5.69 Å². The lowest BCUT2D eigenvalue weighted by molar-refractivity contribution is -0.122. The molecule has 1 amide bonds. The summed E-state index contributed by atoms with van der Waals surface area (Å²) in [4.78, 5) is 12.9. The van der Waals surface area contributed by atoms with Crippen molar-refractivity contribution in [1.29, 1.82) is 0 Å². The summed E-state index contributed by atoms with van der Waals surface area (Å²) < 4.78 is 56.8. The number of anilines is 1.